The van der Waals surface area contributed by atoms with Crippen LogP contribution in [0.3, 0.4) is 0 Å². The SMILES string of the molecule is Cn1c(CN2CCC(O)CC2)nnc1[C@@H]1CCCN(CCO)C1. The lowest BCUT2D eigenvalue weighted by Gasteiger charge is -2.32. The van der Waals surface area contributed by atoms with E-state index in [9.17, 15) is 5.11 Å². The summed E-state index contributed by atoms with van der Waals surface area (Å²) in [5.74, 6) is 2.49. The number of likely N-dealkylation sites (tertiary alicyclic amines) is 2. The number of aromatic nitrogens is 3. The second-order valence-corrected chi connectivity index (χ2v) is 6.90. The van der Waals surface area contributed by atoms with Gasteiger partial charge in [-0.1, -0.05) is 0 Å². The molecule has 3 rings (SSSR count). The number of piperidine rings is 2. The Balaban J connectivity index is 1.62. The molecule has 23 heavy (non-hydrogen) atoms. The Morgan fingerprint density at radius 2 is 1.87 bits per heavy atom. The average molecular weight is 323 g/mol. The van der Waals surface area contributed by atoms with Crippen LogP contribution >= 0.6 is 0 Å². The summed E-state index contributed by atoms with van der Waals surface area (Å²) in [4.78, 5) is 4.66. The highest BCUT2D eigenvalue weighted by Gasteiger charge is 2.26. The molecule has 3 heterocycles. The smallest absolute Gasteiger partial charge is 0.146 e. The molecule has 7 heteroatoms. The van der Waals surface area contributed by atoms with E-state index in [2.05, 4.69) is 31.6 Å². The minimum atomic E-state index is -0.138. The van der Waals surface area contributed by atoms with Crippen LogP contribution in [0.25, 0.3) is 0 Å². The van der Waals surface area contributed by atoms with Gasteiger partial charge in [0, 0.05) is 39.1 Å². The van der Waals surface area contributed by atoms with Crippen molar-refractivity contribution in [3.8, 4) is 0 Å². The van der Waals surface area contributed by atoms with Gasteiger partial charge >= 0.3 is 0 Å². The van der Waals surface area contributed by atoms with Gasteiger partial charge in [-0.15, -0.1) is 10.2 Å². The van der Waals surface area contributed by atoms with Crippen LogP contribution in [-0.2, 0) is 13.6 Å². The van der Waals surface area contributed by atoms with E-state index in [1.54, 1.807) is 0 Å². The van der Waals surface area contributed by atoms with Crippen LogP contribution in [0.2, 0.25) is 0 Å². The highest BCUT2D eigenvalue weighted by atomic mass is 16.3. The van der Waals surface area contributed by atoms with E-state index >= 15 is 0 Å². The Kier molecular flexibility index (Phi) is 5.63. The number of β-amino-alcohol motifs (C(OH)–C–C–N with tert-alkyl or cyclic N) is 1. The zero-order valence-corrected chi connectivity index (χ0v) is 14.1. The van der Waals surface area contributed by atoms with Crippen molar-refractivity contribution in [2.24, 2.45) is 7.05 Å². The molecule has 0 unspecified atom stereocenters. The highest BCUT2D eigenvalue weighted by Crippen LogP contribution is 2.26. The maximum absolute atomic E-state index is 9.61. The molecule has 0 amide bonds. The number of aliphatic hydroxyl groups is 2. The number of aliphatic hydroxyl groups excluding tert-OH is 2. The summed E-state index contributed by atoms with van der Waals surface area (Å²) in [6, 6.07) is 0. The second-order valence-electron chi connectivity index (χ2n) is 6.90. The summed E-state index contributed by atoms with van der Waals surface area (Å²) in [6.07, 6.45) is 3.86. The first-order chi connectivity index (χ1) is 11.2. The zero-order chi connectivity index (χ0) is 16.2. The summed E-state index contributed by atoms with van der Waals surface area (Å²) < 4.78 is 2.15. The van der Waals surface area contributed by atoms with Gasteiger partial charge in [-0.3, -0.25) is 4.90 Å². The standard InChI is InChI=1S/C16H29N5O2/c1-19-15(12-21-7-4-14(23)5-8-21)17-18-16(19)13-3-2-6-20(11-13)9-10-22/h13-14,22-23H,2-12H2,1H3/t13-/m1/s1. The first kappa shape index (κ1) is 16.8. The van der Waals surface area contributed by atoms with Crippen molar-refractivity contribution < 1.29 is 10.2 Å². The predicted octanol–water partition coefficient (Wildman–Crippen LogP) is -0.0565. The van der Waals surface area contributed by atoms with Gasteiger partial charge in [0.25, 0.3) is 0 Å². The normalized spacial score (nSPS) is 25.1. The Bertz CT molecular complexity index is 497. The van der Waals surface area contributed by atoms with Gasteiger partial charge in [-0.25, -0.2) is 0 Å². The minimum Gasteiger partial charge on any atom is -0.395 e. The Morgan fingerprint density at radius 3 is 2.61 bits per heavy atom. The quantitative estimate of drug-likeness (QED) is 0.791. The Labute approximate surface area is 137 Å². The van der Waals surface area contributed by atoms with Crippen LogP contribution in [-0.4, -0.2) is 80.2 Å². The lowest BCUT2D eigenvalue weighted by Crippen LogP contribution is -2.37. The Morgan fingerprint density at radius 1 is 1.09 bits per heavy atom. The van der Waals surface area contributed by atoms with Crippen molar-refractivity contribution in [1.82, 2.24) is 24.6 Å². The van der Waals surface area contributed by atoms with Crippen molar-refractivity contribution in [1.29, 1.82) is 0 Å². The van der Waals surface area contributed by atoms with Crippen molar-refractivity contribution in [2.75, 3.05) is 39.3 Å². The van der Waals surface area contributed by atoms with Gasteiger partial charge in [0.2, 0.25) is 0 Å². The third-order valence-corrected chi connectivity index (χ3v) is 5.21. The van der Waals surface area contributed by atoms with Crippen LogP contribution in [0.5, 0.6) is 0 Å². The van der Waals surface area contributed by atoms with E-state index in [-0.39, 0.29) is 12.7 Å². The molecule has 0 spiro atoms. The number of nitrogens with zero attached hydrogens (tertiary/aromatic N) is 5. The van der Waals surface area contributed by atoms with Crippen LogP contribution < -0.4 is 0 Å². The monoisotopic (exact) mass is 323 g/mol. The molecular formula is C16H29N5O2. The van der Waals surface area contributed by atoms with Crippen molar-refractivity contribution in [2.45, 2.75) is 44.2 Å². The molecule has 1 atom stereocenters. The van der Waals surface area contributed by atoms with Crippen LogP contribution in [0.1, 0.15) is 43.3 Å². The van der Waals surface area contributed by atoms with Gasteiger partial charge in [-0.05, 0) is 32.2 Å². The molecule has 2 aliphatic heterocycles. The fourth-order valence-corrected chi connectivity index (χ4v) is 3.76. The topological polar surface area (TPSA) is 77.7 Å². The predicted molar refractivity (Wildman–Crippen MR) is 87.0 cm³/mol. The van der Waals surface area contributed by atoms with Crippen LogP contribution in [0.4, 0.5) is 0 Å². The zero-order valence-electron chi connectivity index (χ0n) is 14.1. The average Bonchev–Trinajstić information content (AvgIpc) is 2.91. The van der Waals surface area contributed by atoms with Crippen molar-refractivity contribution in [3.05, 3.63) is 11.6 Å². The van der Waals surface area contributed by atoms with E-state index in [4.69, 9.17) is 5.11 Å². The molecule has 0 radical (unpaired) electrons. The molecule has 130 valence electrons. The van der Waals surface area contributed by atoms with Gasteiger partial charge < -0.3 is 19.7 Å². The van der Waals surface area contributed by atoms with Gasteiger partial charge in [-0.2, -0.15) is 0 Å². The van der Waals surface area contributed by atoms with Crippen molar-refractivity contribution in [3.63, 3.8) is 0 Å². The lowest BCUT2D eigenvalue weighted by molar-refractivity contribution is 0.0775. The molecule has 2 saturated heterocycles. The molecule has 0 bridgehead atoms. The first-order valence-corrected chi connectivity index (χ1v) is 8.79. The van der Waals surface area contributed by atoms with Crippen LogP contribution in [0, 0.1) is 0 Å². The summed E-state index contributed by atoms with van der Waals surface area (Å²) in [5, 5.41) is 27.6. The molecule has 2 aliphatic rings. The Hall–Kier alpha value is -1.02. The maximum Gasteiger partial charge on any atom is 0.146 e. The van der Waals surface area contributed by atoms with Crippen molar-refractivity contribution >= 4 is 0 Å². The highest BCUT2D eigenvalue weighted by molar-refractivity contribution is 5.04. The van der Waals surface area contributed by atoms with Gasteiger partial charge in [0.1, 0.15) is 11.6 Å². The van der Waals surface area contributed by atoms with Crippen LogP contribution in [0.15, 0.2) is 0 Å². The lowest BCUT2D eigenvalue weighted by atomic mass is 9.97. The molecule has 0 saturated carbocycles. The molecule has 1 aromatic rings. The molecule has 1 aromatic heterocycles. The molecular weight excluding hydrogens is 294 g/mol. The molecule has 7 nitrogen and oxygen atoms in total. The molecule has 0 aromatic carbocycles. The van der Waals surface area contributed by atoms with E-state index in [1.807, 2.05) is 0 Å². The largest absolute Gasteiger partial charge is 0.395 e. The second kappa shape index (κ2) is 7.70. The molecule has 2 fully saturated rings. The minimum absolute atomic E-state index is 0.138. The fourth-order valence-electron chi connectivity index (χ4n) is 3.76. The van der Waals surface area contributed by atoms with E-state index < -0.39 is 0 Å². The van der Waals surface area contributed by atoms with Gasteiger partial charge in [0.15, 0.2) is 0 Å². The van der Waals surface area contributed by atoms with E-state index in [0.717, 1.165) is 76.6 Å². The first-order valence-electron chi connectivity index (χ1n) is 8.79. The number of hydrogen-bond donors (Lipinski definition) is 2. The molecule has 0 aliphatic carbocycles. The third-order valence-electron chi connectivity index (χ3n) is 5.21. The summed E-state index contributed by atoms with van der Waals surface area (Å²) in [5.41, 5.74) is 0. The van der Waals surface area contributed by atoms with E-state index in [1.165, 1.54) is 0 Å². The number of hydrogen-bond acceptors (Lipinski definition) is 6. The van der Waals surface area contributed by atoms with Gasteiger partial charge in [0.05, 0.1) is 19.3 Å². The summed E-state index contributed by atoms with van der Waals surface area (Å²) in [6.45, 7) is 5.66. The fraction of sp³-hybridized carbons (Fsp3) is 0.875. The third kappa shape index (κ3) is 4.09. The summed E-state index contributed by atoms with van der Waals surface area (Å²) >= 11 is 0. The van der Waals surface area contributed by atoms with E-state index in [0.29, 0.717) is 5.92 Å². The summed E-state index contributed by atoms with van der Waals surface area (Å²) in [7, 11) is 2.06. The molecule has 2 N–H and O–H groups in total. The maximum atomic E-state index is 9.61. The number of rotatable bonds is 5.